The van der Waals surface area contributed by atoms with Crippen LogP contribution in [0.3, 0.4) is 0 Å². The van der Waals surface area contributed by atoms with Gasteiger partial charge in [-0.25, -0.2) is 0 Å². The summed E-state index contributed by atoms with van der Waals surface area (Å²) < 4.78 is 7.76. The molecule has 0 saturated carbocycles. The van der Waals surface area contributed by atoms with Crippen molar-refractivity contribution in [3.05, 3.63) is 59.2 Å². The molecule has 2 aromatic carbocycles. The van der Waals surface area contributed by atoms with Crippen molar-refractivity contribution >= 4 is 22.5 Å². The number of aryl methyl sites for hydroxylation is 1. The van der Waals surface area contributed by atoms with Crippen molar-refractivity contribution in [1.82, 2.24) is 4.57 Å². The Kier molecular flexibility index (Phi) is 3.28. The maximum atomic E-state index is 9.41. The summed E-state index contributed by atoms with van der Waals surface area (Å²) in [6, 6.07) is 14.7. The molecule has 102 valence electrons. The number of halogens is 1. The summed E-state index contributed by atoms with van der Waals surface area (Å²) in [6.07, 6.45) is 0. The average molecular weight is 288 g/mol. The highest BCUT2D eigenvalue weighted by molar-refractivity contribution is 6.31. The fourth-order valence-corrected chi connectivity index (χ4v) is 2.40. The third-order valence-electron chi connectivity index (χ3n) is 3.31. The molecule has 0 radical (unpaired) electrons. The van der Waals surface area contributed by atoms with Crippen LogP contribution in [0.1, 0.15) is 5.69 Å². The van der Waals surface area contributed by atoms with E-state index < -0.39 is 0 Å². The molecule has 1 N–H and O–H groups in total. The fourth-order valence-electron chi connectivity index (χ4n) is 2.23. The Morgan fingerprint density at radius 2 is 2.00 bits per heavy atom. The van der Waals surface area contributed by atoms with E-state index in [-0.39, 0.29) is 5.75 Å². The van der Waals surface area contributed by atoms with Crippen molar-refractivity contribution in [2.45, 2.75) is 6.61 Å². The Hall–Kier alpha value is -2.13. The monoisotopic (exact) mass is 287 g/mol. The lowest BCUT2D eigenvalue weighted by Crippen LogP contribution is -2.01. The first-order chi connectivity index (χ1) is 9.63. The summed E-state index contributed by atoms with van der Waals surface area (Å²) in [4.78, 5) is 0. The summed E-state index contributed by atoms with van der Waals surface area (Å²) in [5.74, 6) is 0.847. The van der Waals surface area contributed by atoms with E-state index in [1.807, 2.05) is 31.3 Å². The van der Waals surface area contributed by atoms with Crippen LogP contribution in [0.15, 0.2) is 48.5 Å². The molecule has 3 nitrogen and oxygen atoms in total. The van der Waals surface area contributed by atoms with Crippen molar-refractivity contribution in [1.29, 1.82) is 0 Å². The number of ether oxygens (including phenoxy) is 1. The predicted molar refractivity (Wildman–Crippen MR) is 80.4 cm³/mol. The van der Waals surface area contributed by atoms with E-state index in [2.05, 4.69) is 10.6 Å². The first-order valence-electron chi connectivity index (χ1n) is 6.29. The quantitative estimate of drug-likeness (QED) is 0.786. The van der Waals surface area contributed by atoms with Crippen LogP contribution in [-0.2, 0) is 13.7 Å². The molecule has 0 unspecified atom stereocenters. The highest BCUT2D eigenvalue weighted by atomic mass is 35.5. The number of aromatic hydroxyl groups is 1. The summed E-state index contributed by atoms with van der Waals surface area (Å²) >= 11 is 6.02. The van der Waals surface area contributed by atoms with Gasteiger partial charge in [0.1, 0.15) is 18.1 Å². The van der Waals surface area contributed by atoms with E-state index in [0.29, 0.717) is 12.4 Å². The lowest BCUT2D eigenvalue weighted by atomic mass is 10.2. The van der Waals surface area contributed by atoms with Gasteiger partial charge in [-0.3, -0.25) is 0 Å². The van der Waals surface area contributed by atoms with E-state index in [9.17, 15) is 5.11 Å². The number of phenolic OH excluding ortho intramolecular Hbond substituents is 1. The van der Waals surface area contributed by atoms with Gasteiger partial charge < -0.3 is 14.4 Å². The zero-order valence-electron chi connectivity index (χ0n) is 11.0. The lowest BCUT2D eigenvalue weighted by Gasteiger charge is -2.08. The molecule has 20 heavy (non-hydrogen) atoms. The minimum atomic E-state index is 0.200. The number of hydrogen-bond acceptors (Lipinski definition) is 2. The third kappa shape index (κ3) is 2.45. The number of benzene rings is 2. The fraction of sp³-hybridized carbons (Fsp3) is 0.125. The van der Waals surface area contributed by atoms with E-state index in [1.165, 1.54) is 0 Å². The van der Waals surface area contributed by atoms with Crippen LogP contribution in [0.25, 0.3) is 10.9 Å². The maximum Gasteiger partial charge on any atom is 0.128 e. The second kappa shape index (κ2) is 5.10. The zero-order valence-corrected chi connectivity index (χ0v) is 11.8. The first kappa shape index (κ1) is 12.9. The normalized spacial score (nSPS) is 10.9. The minimum absolute atomic E-state index is 0.200. The van der Waals surface area contributed by atoms with Crippen LogP contribution in [0.4, 0.5) is 0 Å². The van der Waals surface area contributed by atoms with E-state index in [4.69, 9.17) is 16.3 Å². The van der Waals surface area contributed by atoms with E-state index >= 15 is 0 Å². The molecule has 0 amide bonds. The largest absolute Gasteiger partial charge is 0.508 e. The highest BCUT2D eigenvalue weighted by Crippen LogP contribution is 2.24. The predicted octanol–water partition coefficient (Wildman–Crippen LogP) is 4.12. The van der Waals surface area contributed by atoms with Crippen molar-refractivity contribution in [3.8, 4) is 11.5 Å². The van der Waals surface area contributed by atoms with Crippen molar-refractivity contribution < 1.29 is 9.84 Å². The third-order valence-corrected chi connectivity index (χ3v) is 3.55. The molecule has 1 heterocycles. The van der Waals surface area contributed by atoms with Crippen LogP contribution < -0.4 is 4.74 Å². The van der Waals surface area contributed by atoms with Gasteiger partial charge >= 0.3 is 0 Å². The Labute approximate surface area is 122 Å². The van der Waals surface area contributed by atoms with Gasteiger partial charge in [0.2, 0.25) is 0 Å². The van der Waals surface area contributed by atoms with Crippen LogP contribution in [0, 0.1) is 0 Å². The molecule has 0 aliphatic rings. The molecule has 0 bridgehead atoms. The maximum absolute atomic E-state index is 9.41. The van der Waals surface area contributed by atoms with Crippen molar-refractivity contribution in [3.63, 3.8) is 0 Å². The van der Waals surface area contributed by atoms with Crippen LogP contribution >= 0.6 is 11.6 Å². The van der Waals surface area contributed by atoms with Crippen molar-refractivity contribution in [2.75, 3.05) is 0 Å². The molecule has 4 heteroatoms. The number of nitrogens with zero attached hydrogens (tertiary/aromatic N) is 1. The molecule has 0 fully saturated rings. The van der Waals surface area contributed by atoms with Gasteiger partial charge in [0.25, 0.3) is 0 Å². The van der Waals surface area contributed by atoms with Gasteiger partial charge in [-0.2, -0.15) is 0 Å². The second-order valence-corrected chi connectivity index (χ2v) is 5.12. The molecular formula is C16H14ClNO2. The van der Waals surface area contributed by atoms with Crippen molar-refractivity contribution in [2.24, 2.45) is 7.05 Å². The van der Waals surface area contributed by atoms with Gasteiger partial charge in [0, 0.05) is 29.0 Å². The minimum Gasteiger partial charge on any atom is -0.508 e. The Balaban J connectivity index is 1.86. The van der Waals surface area contributed by atoms with Gasteiger partial charge in [-0.05, 0) is 30.3 Å². The average Bonchev–Trinajstić information content (AvgIpc) is 2.73. The lowest BCUT2D eigenvalue weighted by molar-refractivity contribution is 0.296. The smallest absolute Gasteiger partial charge is 0.128 e. The van der Waals surface area contributed by atoms with Crippen LogP contribution in [-0.4, -0.2) is 9.67 Å². The molecular weight excluding hydrogens is 274 g/mol. The number of aromatic nitrogens is 1. The van der Waals surface area contributed by atoms with Gasteiger partial charge in [0.15, 0.2) is 0 Å². The number of hydrogen-bond donors (Lipinski definition) is 1. The number of phenols is 1. The van der Waals surface area contributed by atoms with E-state index in [1.54, 1.807) is 18.2 Å². The summed E-state index contributed by atoms with van der Waals surface area (Å²) in [5, 5.41) is 11.3. The molecule has 0 saturated heterocycles. The van der Waals surface area contributed by atoms with Gasteiger partial charge in [0.05, 0.1) is 5.69 Å². The summed E-state index contributed by atoms with van der Waals surface area (Å²) in [6.45, 7) is 0.437. The number of rotatable bonds is 3. The van der Waals surface area contributed by atoms with Gasteiger partial charge in [-0.15, -0.1) is 0 Å². The Morgan fingerprint density at radius 3 is 2.80 bits per heavy atom. The Morgan fingerprint density at radius 1 is 1.15 bits per heavy atom. The number of fused-ring (bicyclic) bond motifs is 1. The first-order valence-corrected chi connectivity index (χ1v) is 6.67. The molecule has 3 rings (SSSR count). The van der Waals surface area contributed by atoms with Crippen LogP contribution in [0.2, 0.25) is 5.02 Å². The molecule has 0 aliphatic heterocycles. The highest BCUT2D eigenvalue weighted by Gasteiger charge is 2.07. The zero-order chi connectivity index (χ0) is 14.1. The standard InChI is InChI=1S/C16H14ClNO2/c1-18-13(7-11-5-6-12(17)8-16(11)18)10-20-15-4-2-3-14(19)9-15/h2-9,19H,10H2,1H3. The SMILES string of the molecule is Cn1c(COc2cccc(O)c2)cc2ccc(Cl)cc21. The van der Waals surface area contributed by atoms with E-state index in [0.717, 1.165) is 21.6 Å². The molecule has 3 aromatic rings. The summed E-state index contributed by atoms with van der Waals surface area (Å²) in [7, 11) is 1.99. The summed E-state index contributed by atoms with van der Waals surface area (Å²) in [5.41, 5.74) is 2.12. The van der Waals surface area contributed by atoms with Crippen LogP contribution in [0.5, 0.6) is 11.5 Å². The molecule has 1 aromatic heterocycles. The molecule has 0 atom stereocenters. The second-order valence-electron chi connectivity index (χ2n) is 4.68. The molecule has 0 spiro atoms. The topological polar surface area (TPSA) is 34.4 Å². The Bertz CT molecular complexity index is 764. The molecule has 0 aliphatic carbocycles. The van der Waals surface area contributed by atoms with Gasteiger partial charge in [-0.1, -0.05) is 23.7 Å².